The van der Waals surface area contributed by atoms with Crippen molar-refractivity contribution in [1.29, 1.82) is 0 Å². The van der Waals surface area contributed by atoms with Crippen molar-refractivity contribution in [2.45, 2.75) is 26.2 Å². The second-order valence-electron chi connectivity index (χ2n) is 4.40. The van der Waals surface area contributed by atoms with Crippen molar-refractivity contribution in [3.63, 3.8) is 0 Å². The van der Waals surface area contributed by atoms with Crippen molar-refractivity contribution in [3.05, 3.63) is 45.5 Å². The Hall–Kier alpha value is -1.59. The molecule has 0 N–H and O–H groups in total. The van der Waals surface area contributed by atoms with Gasteiger partial charge in [0, 0.05) is 16.5 Å². The highest BCUT2D eigenvalue weighted by molar-refractivity contribution is 6.36. The lowest BCUT2D eigenvalue weighted by atomic mass is 10.1. The van der Waals surface area contributed by atoms with Gasteiger partial charge in [-0.15, -0.1) is 0 Å². The number of nitrogens with zero attached hydrogens (tertiary/aromatic N) is 2. The van der Waals surface area contributed by atoms with Gasteiger partial charge in [0.15, 0.2) is 5.82 Å². The number of hydrogen-bond acceptors (Lipinski definition) is 5. The molecular formula is C14H14Cl2N2O3. The molecule has 0 bridgehead atoms. The number of esters is 1. The van der Waals surface area contributed by atoms with E-state index >= 15 is 0 Å². The van der Waals surface area contributed by atoms with Crippen molar-refractivity contribution in [1.82, 2.24) is 10.1 Å². The molecule has 0 aliphatic carbocycles. The Balaban J connectivity index is 2.15. The average molecular weight is 329 g/mol. The van der Waals surface area contributed by atoms with Gasteiger partial charge in [-0.25, -0.2) is 0 Å². The summed E-state index contributed by atoms with van der Waals surface area (Å²) in [5.74, 6) is -0.376. The Bertz CT molecular complexity index is 623. The molecule has 0 radical (unpaired) electrons. The minimum Gasteiger partial charge on any atom is -0.465 e. The van der Waals surface area contributed by atoms with Crippen LogP contribution in [-0.4, -0.2) is 22.7 Å². The van der Waals surface area contributed by atoms with Crippen molar-refractivity contribution < 1.29 is 14.1 Å². The zero-order chi connectivity index (χ0) is 15.4. The number of aromatic nitrogens is 2. The van der Waals surface area contributed by atoms with Gasteiger partial charge in [-0.05, 0) is 31.5 Å². The summed E-state index contributed by atoms with van der Waals surface area (Å²) in [6.07, 6.45) is 0.331. The normalized spacial score (nSPS) is 12.2. The zero-order valence-corrected chi connectivity index (χ0v) is 13.1. The number of carbonyl (C=O) groups excluding carboxylic acids is 1. The summed E-state index contributed by atoms with van der Waals surface area (Å²) in [6, 6.07) is 5.24. The smallest absolute Gasteiger partial charge is 0.318 e. The minimum absolute atomic E-state index is 0.214. The molecule has 0 amide bonds. The van der Waals surface area contributed by atoms with E-state index in [0.29, 0.717) is 28.9 Å². The monoisotopic (exact) mass is 328 g/mol. The molecule has 5 nitrogen and oxygen atoms in total. The van der Waals surface area contributed by atoms with Crippen LogP contribution in [0.25, 0.3) is 0 Å². The van der Waals surface area contributed by atoms with Gasteiger partial charge in [-0.1, -0.05) is 34.4 Å². The quantitative estimate of drug-likeness (QED) is 0.784. The SMILES string of the molecule is CCOC(=O)C(C)c1nc(Cc2c(Cl)cccc2Cl)no1. The first-order valence-corrected chi connectivity index (χ1v) is 7.20. The third-order valence-corrected chi connectivity index (χ3v) is 3.60. The van der Waals surface area contributed by atoms with Crippen LogP contribution in [0.3, 0.4) is 0 Å². The Morgan fingerprint density at radius 2 is 2.05 bits per heavy atom. The molecule has 0 saturated heterocycles. The molecule has 112 valence electrons. The molecular weight excluding hydrogens is 315 g/mol. The number of ether oxygens (including phenoxy) is 1. The minimum atomic E-state index is -0.604. The highest BCUT2D eigenvalue weighted by atomic mass is 35.5. The van der Waals surface area contributed by atoms with Gasteiger partial charge in [-0.3, -0.25) is 4.79 Å². The van der Waals surface area contributed by atoms with E-state index in [1.54, 1.807) is 32.0 Å². The van der Waals surface area contributed by atoms with Gasteiger partial charge < -0.3 is 9.26 Å². The molecule has 1 atom stereocenters. The Labute approximate surface area is 132 Å². The summed E-state index contributed by atoms with van der Waals surface area (Å²) in [5, 5.41) is 4.92. The van der Waals surface area contributed by atoms with Gasteiger partial charge in [0.25, 0.3) is 0 Å². The third kappa shape index (κ3) is 3.74. The van der Waals surface area contributed by atoms with Gasteiger partial charge in [-0.2, -0.15) is 4.98 Å². The van der Waals surface area contributed by atoms with E-state index in [9.17, 15) is 4.79 Å². The molecule has 1 aromatic heterocycles. The first kappa shape index (κ1) is 15.8. The number of benzene rings is 1. The largest absolute Gasteiger partial charge is 0.465 e. The zero-order valence-electron chi connectivity index (χ0n) is 11.6. The lowest BCUT2D eigenvalue weighted by molar-refractivity contribution is -0.145. The fourth-order valence-electron chi connectivity index (χ4n) is 1.74. The van der Waals surface area contributed by atoms with Crippen LogP contribution in [0, 0.1) is 0 Å². The fourth-order valence-corrected chi connectivity index (χ4v) is 2.27. The molecule has 21 heavy (non-hydrogen) atoms. The van der Waals surface area contributed by atoms with Gasteiger partial charge >= 0.3 is 5.97 Å². The summed E-state index contributed by atoms with van der Waals surface area (Å²) in [6.45, 7) is 3.69. The molecule has 0 spiro atoms. The van der Waals surface area contributed by atoms with Crippen molar-refractivity contribution in [3.8, 4) is 0 Å². The van der Waals surface area contributed by atoms with Crippen LogP contribution < -0.4 is 0 Å². The third-order valence-electron chi connectivity index (χ3n) is 2.89. The molecule has 1 aromatic carbocycles. The van der Waals surface area contributed by atoms with Crippen LogP contribution in [0.2, 0.25) is 10.0 Å². The summed E-state index contributed by atoms with van der Waals surface area (Å²) < 4.78 is 10.0. The highest BCUT2D eigenvalue weighted by Crippen LogP contribution is 2.26. The molecule has 2 rings (SSSR count). The Morgan fingerprint density at radius 1 is 1.38 bits per heavy atom. The number of halogens is 2. The number of hydrogen-bond donors (Lipinski definition) is 0. The van der Waals surface area contributed by atoms with Crippen LogP contribution in [0.1, 0.15) is 37.0 Å². The van der Waals surface area contributed by atoms with E-state index in [-0.39, 0.29) is 5.89 Å². The Kier molecular flexibility index (Phi) is 5.20. The lowest BCUT2D eigenvalue weighted by Gasteiger charge is -2.05. The van der Waals surface area contributed by atoms with Crippen LogP contribution in [0.4, 0.5) is 0 Å². The summed E-state index contributed by atoms with van der Waals surface area (Å²) >= 11 is 12.2. The summed E-state index contributed by atoms with van der Waals surface area (Å²) in [4.78, 5) is 15.8. The first-order valence-electron chi connectivity index (χ1n) is 6.45. The summed E-state index contributed by atoms with van der Waals surface area (Å²) in [5.41, 5.74) is 0.719. The van der Waals surface area contributed by atoms with Gasteiger partial charge in [0.2, 0.25) is 5.89 Å². The van der Waals surface area contributed by atoms with Crippen LogP contribution in [0.15, 0.2) is 22.7 Å². The van der Waals surface area contributed by atoms with Crippen LogP contribution >= 0.6 is 23.2 Å². The highest BCUT2D eigenvalue weighted by Gasteiger charge is 2.23. The fraction of sp³-hybridized carbons (Fsp3) is 0.357. The predicted molar refractivity (Wildman–Crippen MR) is 78.6 cm³/mol. The van der Waals surface area contributed by atoms with Crippen LogP contribution in [0.5, 0.6) is 0 Å². The molecule has 0 aliphatic heterocycles. The molecule has 1 heterocycles. The van der Waals surface area contributed by atoms with Crippen molar-refractivity contribution in [2.24, 2.45) is 0 Å². The maximum Gasteiger partial charge on any atom is 0.318 e. The van der Waals surface area contributed by atoms with E-state index in [2.05, 4.69) is 10.1 Å². The van der Waals surface area contributed by atoms with E-state index in [1.165, 1.54) is 0 Å². The van der Waals surface area contributed by atoms with E-state index < -0.39 is 11.9 Å². The summed E-state index contributed by atoms with van der Waals surface area (Å²) in [7, 11) is 0. The van der Waals surface area contributed by atoms with E-state index in [1.807, 2.05) is 0 Å². The maximum atomic E-state index is 11.6. The molecule has 7 heteroatoms. The van der Waals surface area contributed by atoms with Crippen LogP contribution in [-0.2, 0) is 16.0 Å². The average Bonchev–Trinajstić information content (AvgIpc) is 2.91. The molecule has 0 fully saturated rings. The van der Waals surface area contributed by atoms with Gasteiger partial charge in [0.05, 0.1) is 6.61 Å². The second kappa shape index (κ2) is 6.91. The lowest BCUT2D eigenvalue weighted by Crippen LogP contribution is -2.13. The number of carbonyl (C=O) groups is 1. The topological polar surface area (TPSA) is 65.2 Å². The molecule has 2 aromatic rings. The van der Waals surface area contributed by atoms with Crippen molar-refractivity contribution >= 4 is 29.2 Å². The molecule has 0 saturated carbocycles. The number of rotatable bonds is 5. The molecule has 0 aliphatic rings. The predicted octanol–water partition coefficient (Wildman–Crippen LogP) is 3.63. The van der Waals surface area contributed by atoms with Gasteiger partial charge in [0.1, 0.15) is 5.92 Å². The molecule has 1 unspecified atom stereocenters. The maximum absolute atomic E-state index is 11.6. The van der Waals surface area contributed by atoms with Crippen molar-refractivity contribution in [2.75, 3.05) is 6.61 Å². The second-order valence-corrected chi connectivity index (χ2v) is 5.21. The Morgan fingerprint density at radius 3 is 2.67 bits per heavy atom. The first-order chi connectivity index (χ1) is 10.0. The van der Waals surface area contributed by atoms with E-state index in [4.69, 9.17) is 32.5 Å². The van der Waals surface area contributed by atoms with E-state index in [0.717, 1.165) is 5.56 Å². The standard InChI is InChI=1S/C14H14Cl2N2O3/c1-3-20-14(19)8(2)13-17-12(18-21-13)7-9-10(15)5-4-6-11(9)16/h4-6,8H,3,7H2,1-2H3.